The zero-order chi connectivity index (χ0) is 13.4. The van der Waals surface area contributed by atoms with Crippen molar-refractivity contribution >= 4 is 16.9 Å². The molecule has 0 saturated carbocycles. The van der Waals surface area contributed by atoms with Crippen molar-refractivity contribution in [3.8, 4) is 0 Å². The molecule has 5 nitrogen and oxygen atoms in total. The monoisotopic (exact) mass is 259 g/mol. The molecule has 0 bridgehead atoms. The zero-order valence-electron chi connectivity index (χ0n) is 11.1. The summed E-state index contributed by atoms with van der Waals surface area (Å²) < 4.78 is 7.76. The number of fused-ring (bicyclic) bond motifs is 3. The van der Waals surface area contributed by atoms with Gasteiger partial charge in [0.15, 0.2) is 0 Å². The predicted octanol–water partition coefficient (Wildman–Crippen LogP) is 1.55. The number of hydrogen-bond donors (Lipinski definition) is 1. The van der Waals surface area contributed by atoms with Crippen molar-refractivity contribution in [2.75, 3.05) is 13.2 Å². The quantitative estimate of drug-likeness (QED) is 0.890. The van der Waals surface area contributed by atoms with Crippen LogP contribution < -0.4 is 5.32 Å². The van der Waals surface area contributed by atoms with Crippen LogP contribution in [-0.4, -0.2) is 28.6 Å². The lowest BCUT2D eigenvalue weighted by Crippen LogP contribution is -2.34. The van der Waals surface area contributed by atoms with Crippen LogP contribution in [0.15, 0.2) is 18.2 Å². The Balaban J connectivity index is 2.03. The summed E-state index contributed by atoms with van der Waals surface area (Å²) in [5.41, 5.74) is 3.31. The Labute approximate surface area is 111 Å². The van der Waals surface area contributed by atoms with Gasteiger partial charge >= 0.3 is 0 Å². The van der Waals surface area contributed by atoms with Gasteiger partial charge in [-0.3, -0.25) is 4.79 Å². The molecular formula is C14H17N3O2. The first-order valence-electron chi connectivity index (χ1n) is 6.45. The number of aromatic nitrogens is 2. The second-order valence-electron chi connectivity index (χ2n) is 5.00. The second-order valence-corrected chi connectivity index (χ2v) is 5.00. The van der Waals surface area contributed by atoms with Crippen LogP contribution in [0.3, 0.4) is 0 Å². The highest BCUT2D eigenvalue weighted by Crippen LogP contribution is 2.26. The van der Waals surface area contributed by atoms with Gasteiger partial charge < -0.3 is 14.6 Å². The van der Waals surface area contributed by atoms with Crippen molar-refractivity contribution in [1.29, 1.82) is 0 Å². The van der Waals surface area contributed by atoms with Gasteiger partial charge in [0, 0.05) is 13.5 Å². The van der Waals surface area contributed by atoms with E-state index in [0.717, 1.165) is 16.9 Å². The third-order valence-corrected chi connectivity index (χ3v) is 3.41. The minimum atomic E-state index is -0.0206. The van der Waals surface area contributed by atoms with Gasteiger partial charge in [-0.15, -0.1) is 0 Å². The van der Waals surface area contributed by atoms with Crippen molar-refractivity contribution in [3.05, 3.63) is 29.6 Å². The van der Waals surface area contributed by atoms with Crippen molar-refractivity contribution in [1.82, 2.24) is 14.9 Å². The van der Waals surface area contributed by atoms with E-state index in [1.807, 2.05) is 6.07 Å². The highest BCUT2D eigenvalue weighted by molar-refractivity contribution is 5.77. The molecular weight excluding hydrogens is 242 g/mol. The minimum Gasteiger partial charge on any atom is -0.371 e. The Morgan fingerprint density at radius 2 is 2.42 bits per heavy atom. The summed E-state index contributed by atoms with van der Waals surface area (Å²) in [6.07, 6.45) is 0. The van der Waals surface area contributed by atoms with E-state index in [4.69, 9.17) is 4.74 Å². The average Bonchev–Trinajstić information content (AvgIpc) is 2.74. The first-order chi connectivity index (χ1) is 9.15. The largest absolute Gasteiger partial charge is 0.371 e. The summed E-state index contributed by atoms with van der Waals surface area (Å²) in [5, 5.41) is 2.86. The minimum absolute atomic E-state index is 0.0206. The Kier molecular flexibility index (Phi) is 2.98. The molecule has 0 radical (unpaired) electrons. The van der Waals surface area contributed by atoms with Gasteiger partial charge in [-0.1, -0.05) is 6.07 Å². The maximum atomic E-state index is 11.1. The van der Waals surface area contributed by atoms with E-state index >= 15 is 0 Å². The lowest BCUT2D eigenvalue weighted by Gasteiger charge is -2.26. The Bertz CT molecular complexity index is 633. The molecule has 0 aliphatic carbocycles. The summed E-state index contributed by atoms with van der Waals surface area (Å²) in [6, 6.07) is 6.34. The van der Waals surface area contributed by atoms with E-state index in [1.54, 1.807) is 0 Å². The fourth-order valence-corrected chi connectivity index (χ4v) is 2.53. The number of aryl methyl sites for hydroxylation is 1. The number of carbonyl (C=O) groups excluding carboxylic acids is 1. The van der Waals surface area contributed by atoms with Crippen LogP contribution in [-0.2, 0) is 16.1 Å². The molecule has 100 valence electrons. The topological polar surface area (TPSA) is 56.1 Å². The van der Waals surface area contributed by atoms with Crippen LogP contribution in [0.2, 0.25) is 0 Å². The maximum absolute atomic E-state index is 11.1. The first kappa shape index (κ1) is 12.2. The summed E-state index contributed by atoms with van der Waals surface area (Å²) in [6.45, 7) is 5.31. The number of amides is 1. The van der Waals surface area contributed by atoms with E-state index < -0.39 is 0 Å². The van der Waals surface area contributed by atoms with Gasteiger partial charge in [-0.25, -0.2) is 4.98 Å². The fraction of sp³-hybridized carbons (Fsp3) is 0.429. The summed E-state index contributed by atoms with van der Waals surface area (Å²) in [5.74, 6) is 0.912. The number of imidazole rings is 1. The highest BCUT2D eigenvalue weighted by Gasteiger charge is 2.24. The van der Waals surface area contributed by atoms with Gasteiger partial charge in [0.2, 0.25) is 5.91 Å². The van der Waals surface area contributed by atoms with Crippen molar-refractivity contribution < 1.29 is 9.53 Å². The van der Waals surface area contributed by atoms with Gasteiger partial charge in [-0.2, -0.15) is 0 Å². The summed E-state index contributed by atoms with van der Waals surface area (Å²) in [7, 11) is 0. The van der Waals surface area contributed by atoms with Crippen LogP contribution >= 0.6 is 0 Å². The summed E-state index contributed by atoms with van der Waals surface area (Å²) >= 11 is 0. The van der Waals surface area contributed by atoms with Crippen molar-refractivity contribution in [2.45, 2.75) is 26.5 Å². The fourth-order valence-electron chi connectivity index (χ4n) is 2.53. The molecule has 19 heavy (non-hydrogen) atoms. The molecule has 1 aromatic carbocycles. The van der Waals surface area contributed by atoms with Crippen LogP contribution in [0.5, 0.6) is 0 Å². The molecule has 0 saturated heterocycles. The summed E-state index contributed by atoms with van der Waals surface area (Å²) in [4.78, 5) is 15.7. The highest BCUT2D eigenvalue weighted by atomic mass is 16.5. The van der Waals surface area contributed by atoms with Crippen LogP contribution in [0, 0.1) is 6.92 Å². The Morgan fingerprint density at radius 1 is 1.58 bits per heavy atom. The zero-order valence-corrected chi connectivity index (χ0v) is 11.1. The molecule has 1 aliphatic rings. The smallest absolute Gasteiger partial charge is 0.216 e. The molecule has 1 aromatic heterocycles. The third kappa shape index (κ3) is 2.21. The number of rotatable bonds is 2. The molecule has 1 N–H and O–H groups in total. The molecule has 1 unspecified atom stereocenters. The number of nitrogens with zero attached hydrogens (tertiary/aromatic N) is 2. The molecule has 1 atom stereocenters. The Morgan fingerprint density at radius 3 is 3.21 bits per heavy atom. The van der Waals surface area contributed by atoms with E-state index in [9.17, 15) is 4.79 Å². The van der Waals surface area contributed by atoms with Crippen LogP contribution in [0.25, 0.3) is 11.0 Å². The molecule has 1 amide bonds. The molecule has 3 rings (SSSR count). The second kappa shape index (κ2) is 4.66. The van der Waals surface area contributed by atoms with Crippen molar-refractivity contribution in [2.24, 2.45) is 0 Å². The maximum Gasteiger partial charge on any atom is 0.216 e. The number of benzene rings is 1. The third-order valence-electron chi connectivity index (χ3n) is 3.41. The van der Waals surface area contributed by atoms with E-state index in [1.165, 1.54) is 12.5 Å². The Hall–Kier alpha value is -1.88. The van der Waals surface area contributed by atoms with E-state index in [2.05, 4.69) is 33.9 Å². The molecule has 0 spiro atoms. The predicted molar refractivity (Wildman–Crippen MR) is 71.8 cm³/mol. The standard InChI is InChI=1S/C14H17N3O2/c1-9-3-4-12-13(5-9)17-11(6-15-10(2)18)7-19-8-14(17)16-12/h3-5,11H,6-8H2,1-2H3,(H,15,18). The van der Waals surface area contributed by atoms with E-state index in [0.29, 0.717) is 19.8 Å². The molecule has 1 aliphatic heterocycles. The lowest BCUT2D eigenvalue weighted by molar-refractivity contribution is -0.119. The average molecular weight is 259 g/mol. The van der Waals surface area contributed by atoms with Gasteiger partial charge in [0.25, 0.3) is 0 Å². The normalized spacial score (nSPS) is 18.3. The molecule has 2 heterocycles. The SMILES string of the molecule is CC(=O)NCC1COCc2nc3ccc(C)cc3n21. The van der Waals surface area contributed by atoms with Gasteiger partial charge in [0.05, 0.1) is 23.7 Å². The number of hydrogen-bond acceptors (Lipinski definition) is 3. The lowest BCUT2D eigenvalue weighted by atomic mass is 10.2. The number of carbonyl (C=O) groups is 1. The first-order valence-corrected chi connectivity index (χ1v) is 6.45. The van der Waals surface area contributed by atoms with Gasteiger partial charge in [-0.05, 0) is 24.6 Å². The van der Waals surface area contributed by atoms with Gasteiger partial charge in [0.1, 0.15) is 12.4 Å². The van der Waals surface area contributed by atoms with Crippen LogP contribution in [0.4, 0.5) is 0 Å². The molecule has 2 aromatic rings. The number of ether oxygens (including phenoxy) is 1. The molecule has 0 fully saturated rings. The molecule has 5 heteroatoms. The van der Waals surface area contributed by atoms with Crippen molar-refractivity contribution in [3.63, 3.8) is 0 Å². The number of nitrogens with one attached hydrogen (secondary N) is 1. The van der Waals surface area contributed by atoms with E-state index in [-0.39, 0.29) is 11.9 Å². The van der Waals surface area contributed by atoms with Crippen LogP contribution in [0.1, 0.15) is 24.4 Å².